The standard InChI is InChI=1S/C17H21NO/c1-12-5-4-6-15(10-12)19-11-17(18)16-8-7-13(2)9-14(16)3/h4-10,17H,11,18H2,1-3H3. The van der Waals surface area contributed by atoms with Crippen LogP contribution in [0.15, 0.2) is 42.5 Å². The first kappa shape index (κ1) is 13.6. The molecule has 2 rings (SSSR count). The first-order valence-corrected chi connectivity index (χ1v) is 6.58. The number of benzene rings is 2. The van der Waals surface area contributed by atoms with E-state index < -0.39 is 0 Å². The molecule has 0 aromatic heterocycles. The van der Waals surface area contributed by atoms with Crippen LogP contribution in [-0.4, -0.2) is 6.61 Å². The van der Waals surface area contributed by atoms with E-state index in [-0.39, 0.29) is 6.04 Å². The van der Waals surface area contributed by atoms with Gasteiger partial charge >= 0.3 is 0 Å². The zero-order valence-corrected chi connectivity index (χ0v) is 11.8. The summed E-state index contributed by atoms with van der Waals surface area (Å²) >= 11 is 0. The molecule has 19 heavy (non-hydrogen) atoms. The van der Waals surface area contributed by atoms with E-state index in [4.69, 9.17) is 10.5 Å². The number of aryl methyl sites for hydroxylation is 3. The normalized spacial score (nSPS) is 12.2. The minimum Gasteiger partial charge on any atom is -0.492 e. The Morgan fingerprint density at radius 3 is 2.42 bits per heavy atom. The average molecular weight is 255 g/mol. The van der Waals surface area contributed by atoms with Gasteiger partial charge in [0.15, 0.2) is 0 Å². The molecule has 0 aliphatic heterocycles. The highest BCUT2D eigenvalue weighted by molar-refractivity contribution is 5.33. The monoisotopic (exact) mass is 255 g/mol. The lowest BCUT2D eigenvalue weighted by molar-refractivity contribution is 0.290. The van der Waals surface area contributed by atoms with Crippen molar-refractivity contribution < 1.29 is 4.74 Å². The summed E-state index contributed by atoms with van der Waals surface area (Å²) in [6, 6.07) is 14.3. The molecule has 0 saturated carbocycles. The smallest absolute Gasteiger partial charge is 0.119 e. The molecule has 2 aromatic carbocycles. The van der Waals surface area contributed by atoms with E-state index in [1.807, 2.05) is 18.2 Å². The Bertz CT molecular complexity index is 563. The summed E-state index contributed by atoms with van der Waals surface area (Å²) in [6.07, 6.45) is 0. The van der Waals surface area contributed by atoms with Crippen LogP contribution in [0, 0.1) is 20.8 Å². The van der Waals surface area contributed by atoms with Crippen molar-refractivity contribution >= 4 is 0 Å². The third kappa shape index (κ3) is 3.58. The van der Waals surface area contributed by atoms with Crippen molar-refractivity contribution in [2.75, 3.05) is 6.61 Å². The van der Waals surface area contributed by atoms with Crippen LogP contribution in [0.25, 0.3) is 0 Å². The molecule has 0 saturated heterocycles. The second kappa shape index (κ2) is 5.89. The Hall–Kier alpha value is -1.80. The van der Waals surface area contributed by atoms with E-state index in [0.717, 1.165) is 11.3 Å². The highest BCUT2D eigenvalue weighted by Crippen LogP contribution is 2.19. The molecule has 0 bridgehead atoms. The fourth-order valence-electron chi connectivity index (χ4n) is 2.22. The SMILES string of the molecule is Cc1cccc(OCC(N)c2ccc(C)cc2C)c1. The Balaban J connectivity index is 2.03. The molecule has 1 atom stereocenters. The van der Waals surface area contributed by atoms with Gasteiger partial charge in [0.1, 0.15) is 12.4 Å². The molecule has 100 valence electrons. The molecule has 0 fully saturated rings. The van der Waals surface area contributed by atoms with Crippen LogP contribution in [0.2, 0.25) is 0 Å². The van der Waals surface area contributed by atoms with Gasteiger partial charge in [-0.2, -0.15) is 0 Å². The summed E-state index contributed by atoms with van der Waals surface area (Å²) in [5.41, 5.74) is 11.0. The molecular formula is C17H21NO. The number of nitrogens with two attached hydrogens (primary N) is 1. The van der Waals surface area contributed by atoms with Gasteiger partial charge in [0, 0.05) is 0 Å². The second-order valence-corrected chi connectivity index (χ2v) is 5.09. The van der Waals surface area contributed by atoms with Gasteiger partial charge in [-0.15, -0.1) is 0 Å². The van der Waals surface area contributed by atoms with Gasteiger partial charge in [0.25, 0.3) is 0 Å². The lowest BCUT2D eigenvalue weighted by Crippen LogP contribution is -2.20. The van der Waals surface area contributed by atoms with Crippen LogP contribution < -0.4 is 10.5 Å². The third-order valence-electron chi connectivity index (χ3n) is 3.24. The molecule has 1 unspecified atom stereocenters. The van der Waals surface area contributed by atoms with Gasteiger partial charge in [-0.1, -0.05) is 35.9 Å². The number of rotatable bonds is 4. The van der Waals surface area contributed by atoms with Crippen molar-refractivity contribution in [3.8, 4) is 5.75 Å². The zero-order valence-electron chi connectivity index (χ0n) is 11.8. The maximum Gasteiger partial charge on any atom is 0.119 e. The first-order chi connectivity index (χ1) is 9.06. The van der Waals surface area contributed by atoms with Crippen molar-refractivity contribution in [1.82, 2.24) is 0 Å². The summed E-state index contributed by atoms with van der Waals surface area (Å²) in [5.74, 6) is 0.875. The van der Waals surface area contributed by atoms with Crippen LogP contribution >= 0.6 is 0 Å². The van der Waals surface area contributed by atoms with E-state index in [1.165, 1.54) is 16.7 Å². The summed E-state index contributed by atoms with van der Waals surface area (Å²) in [4.78, 5) is 0. The second-order valence-electron chi connectivity index (χ2n) is 5.09. The predicted molar refractivity (Wildman–Crippen MR) is 79.5 cm³/mol. The van der Waals surface area contributed by atoms with Gasteiger partial charge in [-0.25, -0.2) is 0 Å². The summed E-state index contributed by atoms with van der Waals surface area (Å²) in [5, 5.41) is 0. The van der Waals surface area contributed by atoms with Crippen LogP contribution in [0.3, 0.4) is 0 Å². The number of hydrogen-bond acceptors (Lipinski definition) is 2. The quantitative estimate of drug-likeness (QED) is 0.904. The molecule has 0 radical (unpaired) electrons. The summed E-state index contributed by atoms with van der Waals surface area (Å²) < 4.78 is 5.76. The number of hydrogen-bond donors (Lipinski definition) is 1. The highest BCUT2D eigenvalue weighted by atomic mass is 16.5. The zero-order chi connectivity index (χ0) is 13.8. The average Bonchev–Trinajstić information content (AvgIpc) is 2.36. The molecule has 0 heterocycles. The molecule has 0 aliphatic carbocycles. The summed E-state index contributed by atoms with van der Waals surface area (Å²) in [7, 11) is 0. The van der Waals surface area contributed by atoms with E-state index >= 15 is 0 Å². The highest BCUT2D eigenvalue weighted by Gasteiger charge is 2.09. The Kier molecular flexibility index (Phi) is 4.23. The predicted octanol–water partition coefficient (Wildman–Crippen LogP) is 3.69. The molecule has 2 N–H and O–H groups in total. The van der Waals surface area contributed by atoms with E-state index in [1.54, 1.807) is 0 Å². The Morgan fingerprint density at radius 1 is 1.00 bits per heavy atom. The van der Waals surface area contributed by atoms with Gasteiger partial charge in [-0.3, -0.25) is 0 Å². The maximum atomic E-state index is 6.21. The van der Waals surface area contributed by atoms with Crippen LogP contribution in [0.4, 0.5) is 0 Å². The largest absolute Gasteiger partial charge is 0.492 e. The Labute approximate surface area is 115 Å². The molecule has 0 aliphatic rings. The van der Waals surface area contributed by atoms with Crippen molar-refractivity contribution in [3.05, 3.63) is 64.7 Å². The van der Waals surface area contributed by atoms with Crippen LogP contribution in [0.5, 0.6) is 5.75 Å². The van der Waals surface area contributed by atoms with Gasteiger partial charge < -0.3 is 10.5 Å². The molecule has 0 spiro atoms. The Morgan fingerprint density at radius 2 is 1.74 bits per heavy atom. The lowest BCUT2D eigenvalue weighted by Gasteiger charge is -2.16. The van der Waals surface area contributed by atoms with E-state index in [0.29, 0.717) is 6.61 Å². The topological polar surface area (TPSA) is 35.2 Å². The van der Waals surface area contributed by atoms with Crippen LogP contribution in [-0.2, 0) is 0 Å². The van der Waals surface area contributed by atoms with Crippen molar-refractivity contribution in [2.24, 2.45) is 5.73 Å². The maximum absolute atomic E-state index is 6.21. The van der Waals surface area contributed by atoms with Crippen LogP contribution in [0.1, 0.15) is 28.3 Å². The molecule has 0 amide bonds. The van der Waals surface area contributed by atoms with Gasteiger partial charge in [-0.05, 0) is 49.6 Å². The minimum absolute atomic E-state index is 0.0962. The summed E-state index contributed by atoms with van der Waals surface area (Å²) in [6.45, 7) is 6.73. The first-order valence-electron chi connectivity index (χ1n) is 6.58. The molecule has 2 heteroatoms. The van der Waals surface area contributed by atoms with Crippen molar-refractivity contribution in [2.45, 2.75) is 26.8 Å². The minimum atomic E-state index is -0.0962. The van der Waals surface area contributed by atoms with Gasteiger partial charge in [0.2, 0.25) is 0 Å². The van der Waals surface area contributed by atoms with E-state index in [9.17, 15) is 0 Å². The van der Waals surface area contributed by atoms with E-state index in [2.05, 4.69) is 45.0 Å². The number of ether oxygens (including phenoxy) is 1. The van der Waals surface area contributed by atoms with Crippen molar-refractivity contribution in [3.63, 3.8) is 0 Å². The lowest BCUT2D eigenvalue weighted by atomic mass is 10.0. The third-order valence-corrected chi connectivity index (χ3v) is 3.24. The molecular weight excluding hydrogens is 234 g/mol. The fourth-order valence-corrected chi connectivity index (χ4v) is 2.22. The van der Waals surface area contributed by atoms with Gasteiger partial charge in [0.05, 0.1) is 6.04 Å². The molecule has 2 nitrogen and oxygen atoms in total. The van der Waals surface area contributed by atoms with Crippen molar-refractivity contribution in [1.29, 1.82) is 0 Å². The molecule has 2 aromatic rings. The fraction of sp³-hybridized carbons (Fsp3) is 0.294.